The summed E-state index contributed by atoms with van der Waals surface area (Å²) in [5, 5.41) is 2.94. The highest BCUT2D eigenvalue weighted by atomic mass is 19.1. The third-order valence-corrected chi connectivity index (χ3v) is 4.08. The predicted octanol–water partition coefficient (Wildman–Crippen LogP) is 4.98. The van der Waals surface area contributed by atoms with Crippen LogP contribution in [-0.2, 0) is 4.74 Å². The molecule has 0 aromatic heterocycles. The molecule has 126 valence electrons. The Labute approximate surface area is 137 Å². The first-order chi connectivity index (χ1) is 10.7. The van der Waals surface area contributed by atoms with Gasteiger partial charge < -0.3 is 10.1 Å². The number of hydrogen-bond acceptors (Lipinski definition) is 2. The van der Waals surface area contributed by atoms with Crippen molar-refractivity contribution in [2.75, 3.05) is 0 Å². The molecule has 0 saturated heterocycles. The molecule has 0 saturated carbocycles. The first-order valence-corrected chi connectivity index (χ1v) is 8.10. The van der Waals surface area contributed by atoms with E-state index in [-0.39, 0.29) is 11.9 Å². The summed E-state index contributed by atoms with van der Waals surface area (Å²) >= 11 is 0. The third kappa shape index (κ3) is 4.81. The molecule has 1 aromatic rings. The highest BCUT2D eigenvalue weighted by Crippen LogP contribution is 2.34. The first-order valence-electron chi connectivity index (χ1n) is 8.10. The molecular weight excluding hydrogens is 293 g/mol. The van der Waals surface area contributed by atoms with Gasteiger partial charge in [0.2, 0.25) is 0 Å². The van der Waals surface area contributed by atoms with Crippen molar-refractivity contribution in [3.63, 3.8) is 0 Å². The van der Waals surface area contributed by atoms with Gasteiger partial charge in [-0.3, -0.25) is 0 Å². The van der Waals surface area contributed by atoms with Crippen molar-refractivity contribution in [3.05, 3.63) is 40.7 Å². The van der Waals surface area contributed by atoms with E-state index >= 15 is 0 Å². The van der Waals surface area contributed by atoms with Gasteiger partial charge >= 0.3 is 6.09 Å². The summed E-state index contributed by atoms with van der Waals surface area (Å²) in [6.45, 7) is 9.61. The Kier molecular flexibility index (Phi) is 5.12. The average Bonchev–Trinajstić information content (AvgIpc) is 2.42. The van der Waals surface area contributed by atoms with Crippen LogP contribution in [0.2, 0.25) is 0 Å². The summed E-state index contributed by atoms with van der Waals surface area (Å²) in [6, 6.07) is 4.89. The number of allylic oxidation sites excluding steroid dienone is 1. The van der Waals surface area contributed by atoms with Crippen LogP contribution in [0.5, 0.6) is 0 Å². The summed E-state index contributed by atoms with van der Waals surface area (Å²) in [5.41, 5.74) is 3.89. The molecule has 0 fully saturated rings. The van der Waals surface area contributed by atoms with Crippen LogP contribution < -0.4 is 5.32 Å². The van der Waals surface area contributed by atoms with E-state index in [0.717, 1.165) is 29.5 Å². The van der Waals surface area contributed by atoms with E-state index in [1.807, 2.05) is 27.7 Å². The first kappa shape index (κ1) is 17.5. The lowest BCUT2D eigenvalue weighted by molar-refractivity contribution is 0.0502. The van der Waals surface area contributed by atoms with E-state index in [0.29, 0.717) is 6.42 Å². The van der Waals surface area contributed by atoms with Crippen LogP contribution >= 0.6 is 0 Å². The zero-order valence-corrected chi connectivity index (χ0v) is 14.6. The van der Waals surface area contributed by atoms with E-state index in [1.165, 1.54) is 11.6 Å². The molecule has 1 amide bonds. The van der Waals surface area contributed by atoms with Crippen molar-refractivity contribution >= 4 is 11.7 Å². The molecule has 0 spiro atoms. The van der Waals surface area contributed by atoms with Crippen molar-refractivity contribution in [1.82, 2.24) is 5.32 Å². The van der Waals surface area contributed by atoms with Crippen LogP contribution in [-0.4, -0.2) is 17.7 Å². The number of ether oxygens (including phenoxy) is 1. The quantitative estimate of drug-likeness (QED) is 0.834. The average molecular weight is 319 g/mol. The Morgan fingerprint density at radius 2 is 2.00 bits per heavy atom. The van der Waals surface area contributed by atoms with Crippen LogP contribution in [0, 0.1) is 12.7 Å². The van der Waals surface area contributed by atoms with Crippen LogP contribution in [0.1, 0.15) is 58.1 Å². The highest BCUT2D eigenvalue weighted by molar-refractivity contribution is 5.74. The number of benzene rings is 1. The Morgan fingerprint density at radius 1 is 1.30 bits per heavy atom. The number of carbonyl (C=O) groups is 1. The lowest BCUT2D eigenvalue weighted by Gasteiger charge is -2.29. The van der Waals surface area contributed by atoms with Crippen molar-refractivity contribution in [1.29, 1.82) is 0 Å². The molecule has 0 heterocycles. The molecule has 4 heteroatoms. The molecule has 1 N–H and O–H groups in total. The Morgan fingerprint density at radius 3 is 2.65 bits per heavy atom. The maximum atomic E-state index is 13.6. The summed E-state index contributed by atoms with van der Waals surface area (Å²) in [7, 11) is 0. The Balaban J connectivity index is 2.13. The molecule has 1 aliphatic rings. The minimum Gasteiger partial charge on any atom is -0.444 e. The number of amides is 1. The second-order valence-corrected chi connectivity index (χ2v) is 7.30. The van der Waals surface area contributed by atoms with E-state index in [4.69, 9.17) is 4.74 Å². The van der Waals surface area contributed by atoms with Gasteiger partial charge in [0.25, 0.3) is 0 Å². The van der Waals surface area contributed by atoms with E-state index in [1.54, 1.807) is 12.1 Å². The normalized spacial score (nSPS) is 18.8. The highest BCUT2D eigenvalue weighted by Gasteiger charge is 2.25. The SMILES string of the molecule is CC1=C(c2cc(F)ccc2C)C[C@H](NC(=O)OC(C)(C)C)CC1. The summed E-state index contributed by atoms with van der Waals surface area (Å²) in [4.78, 5) is 12.0. The van der Waals surface area contributed by atoms with Gasteiger partial charge in [0.15, 0.2) is 0 Å². The van der Waals surface area contributed by atoms with Gasteiger partial charge in [0.1, 0.15) is 11.4 Å². The number of aryl methyl sites for hydroxylation is 1. The molecule has 2 rings (SSSR count). The van der Waals surface area contributed by atoms with Crippen LogP contribution in [0.4, 0.5) is 9.18 Å². The number of halogens is 1. The fourth-order valence-corrected chi connectivity index (χ4v) is 2.92. The minimum absolute atomic E-state index is 0.0196. The lowest BCUT2D eigenvalue weighted by atomic mass is 9.84. The van der Waals surface area contributed by atoms with Crippen molar-refractivity contribution in [3.8, 4) is 0 Å². The minimum atomic E-state index is -0.507. The Hall–Kier alpha value is -1.84. The van der Waals surface area contributed by atoms with Crippen molar-refractivity contribution in [2.45, 2.75) is 65.5 Å². The molecule has 0 radical (unpaired) electrons. The number of alkyl carbamates (subject to hydrolysis) is 1. The topological polar surface area (TPSA) is 38.3 Å². The molecule has 0 aliphatic heterocycles. The number of rotatable bonds is 2. The number of nitrogens with one attached hydrogen (secondary N) is 1. The molecule has 3 nitrogen and oxygen atoms in total. The van der Waals surface area contributed by atoms with Crippen LogP contribution in [0.15, 0.2) is 23.8 Å². The van der Waals surface area contributed by atoms with Gasteiger partial charge in [-0.05, 0) is 82.7 Å². The third-order valence-electron chi connectivity index (χ3n) is 4.08. The molecule has 0 unspecified atom stereocenters. The smallest absolute Gasteiger partial charge is 0.407 e. The monoisotopic (exact) mass is 319 g/mol. The van der Waals surface area contributed by atoms with Crippen LogP contribution in [0.3, 0.4) is 0 Å². The molecule has 0 bridgehead atoms. The maximum Gasteiger partial charge on any atom is 0.407 e. The molecule has 1 aliphatic carbocycles. The van der Waals surface area contributed by atoms with Crippen LogP contribution in [0.25, 0.3) is 5.57 Å². The second-order valence-electron chi connectivity index (χ2n) is 7.30. The van der Waals surface area contributed by atoms with E-state index < -0.39 is 11.7 Å². The largest absolute Gasteiger partial charge is 0.444 e. The van der Waals surface area contributed by atoms with Gasteiger partial charge in [-0.2, -0.15) is 0 Å². The zero-order chi connectivity index (χ0) is 17.2. The van der Waals surface area contributed by atoms with Gasteiger partial charge in [-0.1, -0.05) is 11.6 Å². The Bertz CT molecular complexity index is 629. The lowest BCUT2D eigenvalue weighted by Crippen LogP contribution is -2.40. The van der Waals surface area contributed by atoms with Gasteiger partial charge in [0, 0.05) is 6.04 Å². The molecule has 23 heavy (non-hydrogen) atoms. The fourth-order valence-electron chi connectivity index (χ4n) is 2.92. The number of carbonyl (C=O) groups excluding carboxylic acids is 1. The second kappa shape index (κ2) is 6.73. The van der Waals surface area contributed by atoms with Crippen molar-refractivity contribution < 1.29 is 13.9 Å². The summed E-state index contributed by atoms with van der Waals surface area (Å²) < 4.78 is 18.9. The zero-order valence-electron chi connectivity index (χ0n) is 14.6. The van der Waals surface area contributed by atoms with Gasteiger partial charge in [0.05, 0.1) is 0 Å². The van der Waals surface area contributed by atoms with Crippen molar-refractivity contribution in [2.24, 2.45) is 0 Å². The summed E-state index contributed by atoms with van der Waals surface area (Å²) in [5.74, 6) is -0.229. The standard InChI is InChI=1S/C19H26FNO2/c1-12-6-8-14(20)10-16(12)17-11-15(9-7-13(17)2)21-18(22)23-19(3,4)5/h6,8,10,15H,7,9,11H2,1-5H3,(H,21,22)/t15-/m1/s1. The van der Waals surface area contributed by atoms with E-state index in [2.05, 4.69) is 12.2 Å². The molecule has 1 atom stereocenters. The van der Waals surface area contributed by atoms with E-state index in [9.17, 15) is 9.18 Å². The van der Waals surface area contributed by atoms with Gasteiger partial charge in [-0.15, -0.1) is 0 Å². The number of hydrogen-bond donors (Lipinski definition) is 1. The fraction of sp³-hybridized carbons (Fsp3) is 0.526. The summed E-state index contributed by atoms with van der Waals surface area (Å²) in [6.07, 6.45) is 2.08. The van der Waals surface area contributed by atoms with Gasteiger partial charge in [-0.25, -0.2) is 9.18 Å². The molecular formula is C19H26FNO2. The predicted molar refractivity (Wildman–Crippen MR) is 90.7 cm³/mol. The molecule has 1 aromatic carbocycles. The maximum absolute atomic E-state index is 13.6.